The molecule has 0 saturated carbocycles. The Morgan fingerprint density at radius 1 is 1.07 bits per heavy atom. The largest absolute Gasteiger partial charge is 0.455 e. The van der Waals surface area contributed by atoms with Crippen molar-refractivity contribution in [3.8, 4) is 23.6 Å². The van der Waals surface area contributed by atoms with Crippen LogP contribution in [0.25, 0.3) is 0 Å². The van der Waals surface area contributed by atoms with Crippen molar-refractivity contribution >= 4 is 5.69 Å². The molecule has 1 N–H and O–H groups in total. The topological polar surface area (TPSA) is 68.8 Å². The van der Waals surface area contributed by atoms with Crippen molar-refractivity contribution in [2.75, 3.05) is 5.32 Å². The summed E-state index contributed by atoms with van der Waals surface area (Å²) in [6.45, 7) is 5.86. The van der Waals surface area contributed by atoms with E-state index in [4.69, 9.17) is 15.3 Å². The summed E-state index contributed by atoms with van der Waals surface area (Å²) in [6.07, 6.45) is -3.50. The fourth-order valence-electron chi connectivity index (χ4n) is 2.47. The quantitative estimate of drug-likeness (QED) is 0.616. The van der Waals surface area contributed by atoms with Crippen molar-refractivity contribution in [1.82, 2.24) is 0 Å². The van der Waals surface area contributed by atoms with Gasteiger partial charge in [0.25, 0.3) is 0 Å². The van der Waals surface area contributed by atoms with Crippen LogP contribution < -0.4 is 10.1 Å². The monoisotopic (exact) mass is 385 g/mol. The first-order chi connectivity index (χ1) is 13.2. The molecule has 0 aliphatic carbocycles. The molecule has 0 spiro atoms. The molecule has 7 heteroatoms. The summed E-state index contributed by atoms with van der Waals surface area (Å²) in [6, 6.07) is 11.9. The molecule has 2 aromatic rings. The molecule has 0 fully saturated rings. The summed E-state index contributed by atoms with van der Waals surface area (Å²) in [5, 5.41) is 20.2. The lowest BCUT2D eigenvalue weighted by molar-refractivity contribution is -0.137. The van der Waals surface area contributed by atoms with E-state index in [0.717, 1.165) is 29.5 Å². The van der Waals surface area contributed by atoms with Crippen molar-refractivity contribution in [1.29, 1.82) is 10.5 Å². The van der Waals surface area contributed by atoms with Gasteiger partial charge >= 0.3 is 6.18 Å². The zero-order chi connectivity index (χ0) is 20.9. The van der Waals surface area contributed by atoms with Gasteiger partial charge < -0.3 is 10.1 Å². The highest BCUT2D eigenvalue weighted by molar-refractivity contribution is 5.62. The number of aryl methyl sites for hydroxylation is 1. The number of nitriles is 2. The smallest absolute Gasteiger partial charge is 0.416 e. The minimum atomic E-state index is -4.54. The number of hydrogen-bond acceptors (Lipinski definition) is 4. The average molecular weight is 385 g/mol. The number of hydrogen-bond donors (Lipinski definition) is 1. The second-order valence-electron chi connectivity index (χ2n) is 6.43. The molecular formula is C21H18F3N3O. The van der Waals surface area contributed by atoms with Gasteiger partial charge in [-0.15, -0.1) is 0 Å². The molecule has 0 saturated heterocycles. The van der Waals surface area contributed by atoms with Crippen molar-refractivity contribution in [2.45, 2.75) is 32.9 Å². The Bertz CT molecular complexity index is 964. The molecule has 0 radical (unpaired) electrons. The summed E-state index contributed by atoms with van der Waals surface area (Å²) in [5.41, 5.74) is 0.689. The number of nitrogens with zero attached hydrogens (tertiary/aromatic N) is 2. The second-order valence-corrected chi connectivity index (χ2v) is 6.43. The maximum absolute atomic E-state index is 13.1. The molecule has 0 aliphatic rings. The third kappa shape index (κ3) is 5.05. The van der Waals surface area contributed by atoms with Gasteiger partial charge in [0, 0.05) is 6.20 Å². The molecule has 2 aromatic carbocycles. The van der Waals surface area contributed by atoms with Crippen LogP contribution in [0.15, 0.2) is 48.2 Å². The van der Waals surface area contributed by atoms with Gasteiger partial charge in [0.15, 0.2) is 5.75 Å². The van der Waals surface area contributed by atoms with Crippen molar-refractivity contribution in [2.24, 2.45) is 0 Å². The minimum absolute atomic E-state index is 0.00552. The first kappa shape index (κ1) is 20.9. The molecule has 28 heavy (non-hydrogen) atoms. The summed E-state index contributed by atoms with van der Waals surface area (Å²) < 4.78 is 45.2. The number of halogens is 3. The SMILES string of the molecule is Cc1ccc(C(C)C)c(Oc2ccc(C(F)(F)F)cc2NC=C(C#N)C#N)c1. The first-order valence-corrected chi connectivity index (χ1v) is 8.42. The number of benzene rings is 2. The van der Waals surface area contributed by atoms with E-state index < -0.39 is 11.7 Å². The minimum Gasteiger partial charge on any atom is -0.455 e. The molecule has 0 atom stereocenters. The highest BCUT2D eigenvalue weighted by atomic mass is 19.4. The van der Waals surface area contributed by atoms with Crippen molar-refractivity contribution in [3.63, 3.8) is 0 Å². The average Bonchev–Trinajstić information content (AvgIpc) is 2.62. The lowest BCUT2D eigenvalue weighted by Gasteiger charge is -2.18. The van der Waals surface area contributed by atoms with E-state index >= 15 is 0 Å². The molecule has 0 bridgehead atoms. The van der Waals surface area contributed by atoms with Crippen LogP contribution in [0, 0.1) is 29.6 Å². The highest BCUT2D eigenvalue weighted by Crippen LogP contribution is 2.39. The zero-order valence-corrected chi connectivity index (χ0v) is 15.6. The van der Waals surface area contributed by atoms with E-state index in [1.165, 1.54) is 6.07 Å². The zero-order valence-electron chi connectivity index (χ0n) is 15.6. The Kier molecular flexibility index (Phi) is 6.33. The van der Waals surface area contributed by atoms with E-state index in [0.29, 0.717) is 5.75 Å². The summed E-state index contributed by atoms with van der Waals surface area (Å²) in [4.78, 5) is 0. The number of ether oxygens (including phenoxy) is 1. The van der Waals surface area contributed by atoms with Gasteiger partial charge in [-0.25, -0.2) is 0 Å². The van der Waals surface area contributed by atoms with Crippen LogP contribution in [0.5, 0.6) is 11.5 Å². The first-order valence-electron chi connectivity index (χ1n) is 8.42. The lowest BCUT2D eigenvalue weighted by Crippen LogP contribution is -2.06. The van der Waals surface area contributed by atoms with Crippen LogP contribution in [-0.2, 0) is 6.18 Å². The van der Waals surface area contributed by atoms with Gasteiger partial charge in [0.05, 0.1) is 11.3 Å². The molecule has 4 nitrogen and oxygen atoms in total. The molecule has 0 amide bonds. The van der Waals surface area contributed by atoms with Crippen LogP contribution in [0.3, 0.4) is 0 Å². The number of alkyl halides is 3. The van der Waals surface area contributed by atoms with Crippen LogP contribution >= 0.6 is 0 Å². The predicted octanol–water partition coefficient (Wildman–Crippen LogP) is 6.27. The van der Waals surface area contributed by atoms with E-state index in [9.17, 15) is 13.2 Å². The van der Waals surface area contributed by atoms with Crippen LogP contribution in [0.1, 0.15) is 36.5 Å². The fraction of sp³-hybridized carbons (Fsp3) is 0.238. The number of allylic oxidation sites excluding steroid dienone is 1. The van der Waals surface area contributed by atoms with Gasteiger partial charge in [0.2, 0.25) is 0 Å². The Hall–Kier alpha value is -3.45. The highest BCUT2D eigenvalue weighted by Gasteiger charge is 2.31. The summed E-state index contributed by atoms with van der Waals surface area (Å²) >= 11 is 0. The van der Waals surface area contributed by atoms with Gasteiger partial charge in [-0.05, 0) is 48.2 Å². The van der Waals surface area contributed by atoms with E-state index in [-0.39, 0.29) is 22.9 Å². The Morgan fingerprint density at radius 2 is 1.75 bits per heavy atom. The third-order valence-electron chi connectivity index (χ3n) is 3.93. The van der Waals surface area contributed by atoms with E-state index in [1.807, 2.05) is 39.0 Å². The normalized spacial score (nSPS) is 10.8. The summed E-state index contributed by atoms with van der Waals surface area (Å²) in [5.74, 6) is 0.819. The molecule has 0 unspecified atom stereocenters. The number of nitrogens with one attached hydrogen (secondary N) is 1. The molecular weight excluding hydrogens is 367 g/mol. The lowest BCUT2D eigenvalue weighted by atomic mass is 10.0. The molecule has 0 aliphatic heterocycles. The standard InChI is InChI=1S/C21H18F3N3O/c1-13(2)17-6-4-14(3)8-20(17)28-19-7-5-16(21(22,23)24)9-18(19)27-12-15(10-25)11-26/h4-9,12-13,27H,1-3H3. The molecule has 2 rings (SSSR count). The maximum Gasteiger partial charge on any atom is 0.416 e. The van der Waals surface area contributed by atoms with Gasteiger partial charge in [0.1, 0.15) is 23.5 Å². The second kappa shape index (κ2) is 8.49. The van der Waals surface area contributed by atoms with E-state index in [1.54, 1.807) is 12.1 Å². The van der Waals surface area contributed by atoms with Gasteiger partial charge in [-0.2, -0.15) is 23.7 Å². The predicted molar refractivity (Wildman–Crippen MR) is 99.7 cm³/mol. The summed E-state index contributed by atoms with van der Waals surface area (Å²) in [7, 11) is 0. The van der Waals surface area contributed by atoms with E-state index in [2.05, 4.69) is 5.32 Å². The Labute approximate surface area is 161 Å². The fourth-order valence-corrected chi connectivity index (χ4v) is 2.47. The van der Waals surface area contributed by atoms with Crippen molar-refractivity contribution < 1.29 is 17.9 Å². The molecule has 0 aromatic heterocycles. The number of anilines is 1. The Balaban J connectivity index is 2.52. The van der Waals surface area contributed by atoms with Crippen LogP contribution in [-0.4, -0.2) is 0 Å². The van der Waals surface area contributed by atoms with Gasteiger partial charge in [-0.3, -0.25) is 0 Å². The maximum atomic E-state index is 13.1. The van der Waals surface area contributed by atoms with Crippen LogP contribution in [0.2, 0.25) is 0 Å². The van der Waals surface area contributed by atoms with Gasteiger partial charge in [-0.1, -0.05) is 26.0 Å². The third-order valence-corrected chi connectivity index (χ3v) is 3.93. The molecule has 144 valence electrons. The molecule has 0 heterocycles. The van der Waals surface area contributed by atoms with Crippen molar-refractivity contribution in [3.05, 3.63) is 64.9 Å². The van der Waals surface area contributed by atoms with Crippen LogP contribution in [0.4, 0.5) is 18.9 Å². The Morgan fingerprint density at radius 3 is 2.32 bits per heavy atom. The number of rotatable bonds is 5.